The number of aromatic nitrogens is 2. The first kappa shape index (κ1) is 12.2. The Kier molecular flexibility index (Phi) is 2.82. The zero-order chi connectivity index (χ0) is 13.3. The Balaban J connectivity index is 2.40. The lowest BCUT2D eigenvalue weighted by Crippen LogP contribution is -2.16. The summed E-state index contributed by atoms with van der Waals surface area (Å²) in [6.07, 6.45) is -3.80. The van der Waals surface area contributed by atoms with Gasteiger partial charge in [0.25, 0.3) is 0 Å². The molecule has 4 nitrogen and oxygen atoms in total. The maximum Gasteiger partial charge on any atom is 0.504 e. The minimum atomic E-state index is -4.58. The monoisotopic (exact) mass is 256 g/mol. The van der Waals surface area contributed by atoms with Gasteiger partial charge in [0.1, 0.15) is 0 Å². The zero-order valence-electron chi connectivity index (χ0n) is 8.85. The Morgan fingerprint density at radius 3 is 2.56 bits per heavy atom. The van der Waals surface area contributed by atoms with Gasteiger partial charge in [0.15, 0.2) is 0 Å². The summed E-state index contributed by atoms with van der Waals surface area (Å²) >= 11 is 0. The van der Waals surface area contributed by atoms with Crippen molar-refractivity contribution in [2.24, 2.45) is 0 Å². The van der Waals surface area contributed by atoms with Crippen molar-refractivity contribution in [3.05, 3.63) is 42.1 Å². The number of carboxylic acids is 1. The molecule has 0 saturated heterocycles. The van der Waals surface area contributed by atoms with E-state index in [-0.39, 0.29) is 15.9 Å². The number of hydrogen-bond acceptors (Lipinski definition) is 2. The molecule has 0 amide bonds. The quantitative estimate of drug-likeness (QED) is 0.898. The molecule has 0 aliphatic rings. The van der Waals surface area contributed by atoms with Crippen LogP contribution in [0.25, 0.3) is 11.3 Å². The summed E-state index contributed by atoms with van der Waals surface area (Å²) in [7, 11) is 0. The first-order valence-corrected chi connectivity index (χ1v) is 4.84. The average molecular weight is 256 g/mol. The van der Waals surface area contributed by atoms with Crippen LogP contribution < -0.4 is 0 Å². The second-order valence-corrected chi connectivity index (χ2v) is 3.50. The topological polar surface area (TPSA) is 55.1 Å². The largest absolute Gasteiger partial charge is 0.504 e. The number of benzene rings is 1. The first-order valence-electron chi connectivity index (χ1n) is 4.84. The molecule has 18 heavy (non-hydrogen) atoms. The predicted octanol–water partition coefficient (Wildman–Crippen LogP) is 2.72. The number of carboxylic acid groups (broad SMARTS) is 1. The van der Waals surface area contributed by atoms with E-state index in [2.05, 4.69) is 5.10 Å². The van der Waals surface area contributed by atoms with E-state index in [1.165, 1.54) is 30.3 Å². The molecule has 0 radical (unpaired) electrons. The van der Waals surface area contributed by atoms with Gasteiger partial charge in [0.05, 0.1) is 11.3 Å². The lowest BCUT2D eigenvalue weighted by atomic mass is 10.1. The summed E-state index contributed by atoms with van der Waals surface area (Å²) in [5, 5.41) is 12.1. The van der Waals surface area contributed by atoms with Crippen LogP contribution >= 0.6 is 0 Å². The number of alkyl halides is 3. The molecular formula is C11H7F3N2O2. The van der Waals surface area contributed by atoms with Gasteiger partial charge in [-0.15, -0.1) is 13.2 Å². The molecule has 1 aromatic carbocycles. The van der Waals surface area contributed by atoms with Gasteiger partial charge in [-0.3, -0.25) is 0 Å². The van der Waals surface area contributed by atoms with Gasteiger partial charge in [-0.1, -0.05) is 12.1 Å². The third kappa shape index (κ3) is 2.34. The van der Waals surface area contributed by atoms with E-state index in [1.54, 1.807) is 0 Å². The molecule has 0 unspecified atom stereocenters. The Bertz CT molecular complexity index is 590. The summed E-state index contributed by atoms with van der Waals surface area (Å²) < 4.78 is 36.9. The van der Waals surface area contributed by atoms with Gasteiger partial charge >= 0.3 is 12.3 Å². The molecule has 1 N–H and O–H groups in total. The second-order valence-electron chi connectivity index (χ2n) is 3.50. The third-order valence-electron chi connectivity index (χ3n) is 2.25. The molecule has 0 spiro atoms. The van der Waals surface area contributed by atoms with Crippen LogP contribution in [0.3, 0.4) is 0 Å². The fourth-order valence-corrected chi connectivity index (χ4v) is 1.43. The molecule has 94 valence electrons. The highest BCUT2D eigenvalue weighted by molar-refractivity contribution is 5.89. The minimum Gasteiger partial charge on any atom is -0.478 e. The molecule has 1 heterocycles. The van der Waals surface area contributed by atoms with Crippen molar-refractivity contribution in [3.8, 4) is 11.3 Å². The van der Waals surface area contributed by atoms with E-state index >= 15 is 0 Å². The van der Waals surface area contributed by atoms with Gasteiger partial charge in [-0.2, -0.15) is 9.78 Å². The van der Waals surface area contributed by atoms with Gasteiger partial charge < -0.3 is 5.11 Å². The van der Waals surface area contributed by atoms with Crippen molar-refractivity contribution in [2.75, 3.05) is 0 Å². The van der Waals surface area contributed by atoms with E-state index in [0.717, 1.165) is 6.20 Å². The number of nitrogens with zero attached hydrogens (tertiary/aromatic N) is 2. The third-order valence-corrected chi connectivity index (χ3v) is 2.25. The van der Waals surface area contributed by atoms with Gasteiger partial charge in [0.2, 0.25) is 0 Å². The highest BCUT2D eigenvalue weighted by Gasteiger charge is 2.31. The number of halogens is 3. The molecule has 7 heteroatoms. The summed E-state index contributed by atoms with van der Waals surface area (Å²) in [4.78, 5) is 10.7. The van der Waals surface area contributed by atoms with Crippen molar-refractivity contribution in [1.82, 2.24) is 9.78 Å². The van der Waals surface area contributed by atoms with Crippen molar-refractivity contribution >= 4 is 5.97 Å². The Morgan fingerprint density at radius 2 is 2.00 bits per heavy atom. The molecule has 0 fully saturated rings. The fourth-order valence-electron chi connectivity index (χ4n) is 1.43. The second kappa shape index (κ2) is 4.17. The van der Waals surface area contributed by atoms with Crippen molar-refractivity contribution < 1.29 is 23.1 Å². The maximum absolute atomic E-state index is 12.3. The number of rotatable bonds is 2. The van der Waals surface area contributed by atoms with Crippen molar-refractivity contribution in [2.45, 2.75) is 6.30 Å². The SMILES string of the molecule is O=C(O)c1cccc(-c2ccn(C(F)(F)F)n2)c1. The van der Waals surface area contributed by atoms with Crippen LogP contribution in [0.2, 0.25) is 0 Å². The molecule has 2 aromatic rings. The molecule has 0 aliphatic carbocycles. The Morgan fingerprint density at radius 1 is 1.28 bits per heavy atom. The predicted molar refractivity (Wildman–Crippen MR) is 55.9 cm³/mol. The number of aromatic carboxylic acids is 1. The molecule has 2 rings (SSSR count). The van der Waals surface area contributed by atoms with E-state index in [4.69, 9.17) is 5.11 Å². The minimum absolute atomic E-state index is 0.00550. The lowest BCUT2D eigenvalue weighted by Gasteiger charge is -2.04. The summed E-state index contributed by atoms with van der Waals surface area (Å²) in [6.45, 7) is 0. The summed E-state index contributed by atoms with van der Waals surface area (Å²) in [5.41, 5.74) is 0.377. The van der Waals surface area contributed by atoms with Crippen LogP contribution in [0.4, 0.5) is 13.2 Å². The Labute approximate surface area is 99.3 Å². The molecule has 0 bridgehead atoms. The van der Waals surface area contributed by atoms with E-state index < -0.39 is 12.3 Å². The van der Waals surface area contributed by atoms with Crippen molar-refractivity contribution in [1.29, 1.82) is 0 Å². The van der Waals surface area contributed by atoms with Crippen LogP contribution in [-0.4, -0.2) is 20.9 Å². The van der Waals surface area contributed by atoms with Gasteiger partial charge in [-0.25, -0.2) is 4.79 Å². The highest BCUT2D eigenvalue weighted by atomic mass is 19.4. The molecule has 1 aromatic heterocycles. The molecule has 0 atom stereocenters. The van der Waals surface area contributed by atoms with Crippen LogP contribution in [0.1, 0.15) is 10.4 Å². The van der Waals surface area contributed by atoms with Gasteiger partial charge in [0, 0.05) is 11.8 Å². The lowest BCUT2D eigenvalue weighted by molar-refractivity contribution is -0.212. The summed E-state index contributed by atoms with van der Waals surface area (Å²) in [6, 6.07) is 6.74. The van der Waals surface area contributed by atoms with E-state index in [1.807, 2.05) is 0 Å². The maximum atomic E-state index is 12.3. The fraction of sp³-hybridized carbons (Fsp3) is 0.0909. The highest BCUT2D eigenvalue weighted by Crippen LogP contribution is 2.24. The summed E-state index contributed by atoms with van der Waals surface area (Å²) in [5.74, 6) is -1.15. The zero-order valence-corrected chi connectivity index (χ0v) is 8.85. The van der Waals surface area contributed by atoms with Crippen LogP contribution in [0, 0.1) is 0 Å². The Hall–Kier alpha value is -2.31. The molecule has 0 saturated carbocycles. The standard InChI is InChI=1S/C11H7F3N2O2/c12-11(13,14)16-5-4-9(15-16)7-2-1-3-8(6-7)10(17)18/h1-6H,(H,17,18). The number of hydrogen-bond donors (Lipinski definition) is 1. The average Bonchev–Trinajstić information content (AvgIpc) is 2.78. The van der Waals surface area contributed by atoms with Gasteiger partial charge in [-0.05, 0) is 18.2 Å². The van der Waals surface area contributed by atoms with Crippen LogP contribution in [-0.2, 0) is 6.30 Å². The number of carbonyl (C=O) groups is 1. The normalized spacial score (nSPS) is 11.5. The van der Waals surface area contributed by atoms with E-state index in [0.29, 0.717) is 5.56 Å². The smallest absolute Gasteiger partial charge is 0.478 e. The van der Waals surface area contributed by atoms with Crippen LogP contribution in [0.5, 0.6) is 0 Å². The van der Waals surface area contributed by atoms with E-state index in [9.17, 15) is 18.0 Å². The van der Waals surface area contributed by atoms with Crippen LogP contribution in [0.15, 0.2) is 36.5 Å². The first-order chi connectivity index (χ1) is 8.38. The van der Waals surface area contributed by atoms with Crippen molar-refractivity contribution in [3.63, 3.8) is 0 Å². The molecule has 0 aliphatic heterocycles. The molecular weight excluding hydrogens is 249 g/mol.